The Balaban J connectivity index is 3.65. The topological polar surface area (TPSA) is 55.8 Å². The van der Waals surface area contributed by atoms with Crippen molar-refractivity contribution >= 4 is 30.8 Å². The third kappa shape index (κ3) is 7.45. The zero-order valence-corrected chi connectivity index (χ0v) is 10.4. The fraction of sp³-hybridized carbons (Fsp3) is 1.00. The molecule has 0 radical (unpaired) electrons. The predicted molar refractivity (Wildman–Crippen MR) is 53.8 cm³/mol. The van der Waals surface area contributed by atoms with E-state index in [1.165, 1.54) is 23.0 Å². The van der Waals surface area contributed by atoms with E-state index in [4.69, 9.17) is 4.89 Å². The van der Waals surface area contributed by atoms with Crippen LogP contribution in [0.4, 0.5) is 0 Å². The van der Waals surface area contributed by atoms with Crippen molar-refractivity contribution in [1.29, 1.82) is 0 Å². The van der Waals surface area contributed by atoms with Gasteiger partial charge >= 0.3 is 7.82 Å². The number of phosphoric acid groups is 1. The molecule has 0 amide bonds. The second-order valence-corrected chi connectivity index (χ2v) is 5.90. The van der Waals surface area contributed by atoms with Crippen LogP contribution in [0.15, 0.2) is 0 Å². The summed E-state index contributed by atoms with van der Waals surface area (Å²) in [5.74, 6) is 0. The molecule has 0 aromatic heterocycles. The molecule has 0 aromatic carbocycles. The van der Waals surface area contributed by atoms with Gasteiger partial charge in [-0.15, -0.1) is 0 Å². The maximum absolute atomic E-state index is 10.8. The minimum atomic E-state index is -3.78. The van der Waals surface area contributed by atoms with E-state index >= 15 is 0 Å². The summed E-state index contributed by atoms with van der Waals surface area (Å²) in [5.41, 5.74) is 0. The minimum absolute atomic E-state index is 0.209. The lowest BCUT2D eigenvalue weighted by atomic mass is 10.5. The fourth-order valence-corrected chi connectivity index (χ4v) is 1.14. The van der Waals surface area contributed by atoms with Crippen LogP contribution in [-0.4, -0.2) is 43.7 Å². The third-order valence-corrected chi connectivity index (χ3v) is 3.28. The molecule has 5 nitrogen and oxygen atoms in total. The van der Waals surface area contributed by atoms with Gasteiger partial charge in [-0.1, -0.05) is 0 Å². The first-order valence-corrected chi connectivity index (χ1v) is 5.72. The van der Waals surface area contributed by atoms with Crippen LogP contribution < -0.4 is 0 Å². The van der Waals surface area contributed by atoms with Crippen LogP contribution in [0.2, 0.25) is 0 Å². The molecule has 0 aliphatic carbocycles. The van der Waals surface area contributed by atoms with Crippen LogP contribution in [0.1, 0.15) is 0 Å². The van der Waals surface area contributed by atoms with Gasteiger partial charge in [0.2, 0.25) is 0 Å². The lowest BCUT2D eigenvalue weighted by Crippen LogP contribution is -2.37. The van der Waals surface area contributed by atoms with Crippen LogP contribution >= 0.6 is 30.8 Å². The number of halogens is 1. The molecule has 0 saturated heterocycles. The molecule has 0 aliphatic heterocycles. The normalized spacial score (nSPS) is 17.4. The molecule has 1 N–H and O–H groups in total. The Morgan fingerprint density at radius 2 is 2.00 bits per heavy atom. The van der Waals surface area contributed by atoms with E-state index in [1.807, 2.05) is 21.1 Å². The van der Waals surface area contributed by atoms with Gasteiger partial charge in [-0.2, -0.15) is 0 Å². The number of likely N-dealkylation sites (N-methyl/N-ethyl adjacent to an activating group) is 1. The van der Waals surface area contributed by atoms with E-state index < -0.39 is 7.82 Å². The van der Waals surface area contributed by atoms with E-state index in [1.54, 1.807) is 0 Å². The number of rotatable bonds is 5. The summed E-state index contributed by atoms with van der Waals surface area (Å²) in [6.07, 6.45) is 0. The van der Waals surface area contributed by atoms with Gasteiger partial charge in [0, 0.05) is 0 Å². The molecule has 0 fully saturated rings. The number of hydrogen-bond donors (Lipinski definition) is 1. The number of nitrogens with zero attached hydrogens (tertiary/aromatic N) is 1. The minimum Gasteiger partial charge on any atom is -0.329 e. The van der Waals surface area contributed by atoms with Gasteiger partial charge in [0.15, 0.2) is 0 Å². The van der Waals surface area contributed by atoms with Crippen LogP contribution in [0.25, 0.3) is 0 Å². The van der Waals surface area contributed by atoms with Crippen LogP contribution in [0, 0.1) is 0 Å². The summed E-state index contributed by atoms with van der Waals surface area (Å²) in [7, 11) is 2.12. The van der Waals surface area contributed by atoms with Crippen molar-refractivity contribution in [2.45, 2.75) is 0 Å². The average Bonchev–Trinajstić information content (AvgIpc) is 1.84. The summed E-state index contributed by atoms with van der Waals surface area (Å²) in [5, 5.41) is 0. The smallest absolute Gasteiger partial charge is 0.329 e. The molecule has 0 spiro atoms. The standard InChI is InChI=1S/C5H13INO4P/c1-7(2,3)4-5-10-12(8,9)11-6/h4-5H2,1-3H3/p+1. The van der Waals surface area contributed by atoms with Crippen molar-refractivity contribution in [2.75, 3.05) is 34.3 Å². The van der Waals surface area contributed by atoms with Gasteiger partial charge in [0.1, 0.15) is 36.2 Å². The largest absolute Gasteiger partial charge is 0.481 e. The molecule has 0 aliphatic rings. The van der Waals surface area contributed by atoms with Crippen molar-refractivity contribution in [3.05, 3.63) is 0 Å². The monoisotopic (exact) mass is 310 g/mol. The van der Waals surface area contributed by atoms with Crippen molar-refractivity contribution in [3.63, 3.8) is 0 Å². The van der Waals surface area contributed by atoms with Crippen LogP contribution in [0.5, 0.6) is 0 Å². The average molecular weight is 310 g/mol. The van der Waals surface area contributed by atoms with E-state index in [0.717, 1.165) is 0 Å². The first kappa shape index (κ1) is 12.8. The molecule has 1 unspecified atom stereocenters. The zero-order chi connectivity index (χ0) is 9.83. The maximum Gasteiger partial charge on any atom is 0.481 e. The first-order valence-electron chi connectivity index (χ1n) is 3.35. The second kappa shape index (κ2) is 4.88. The van der Waals surface area contributed by atoms with Gasteiger partial charge in [-0.25, -0.2) is 7.42 Å². The summed E-state index contributed by atoms with van der Waals surface area (Å²) in [6.45, 7) is 0.866. The van der Waals surface area contributed by atoms with E-state index in [9.17, 15) is 4.57 Å². The molecule has 0 bridgehead atoms. The number of phosphoric ester groups is 1. The molecular formula is C5H14INO4P+. The molecular weight excluding hydrogens is 296 g/mol. The molecule has 1 atom stereocenters. The van der Waals surface area contributed by atoms with E-state index in [0.29, 0.717) is 11.0 Å². The third-order valence-electron chi connectivity index (χ3n) is 1.10. The molecule has 0 heterocycles. The highest BCUT2D eigenvalue weighted by Gasteiger charge is 2.20. The van der Waals surface area contributed by atoms with Crippen molar-refractivity contribution in [2.24, 2.45) is 0 Å². The van der Waals surface area contributed by atoms with E-state index in [2.05, 4.69) is 7.38 Å². The highest BCUT2D eigenvalue weighted by atomic mass is 127. The SMILES string of the molecule is C[N+](C)(C)CCOP(=O)(O)OI. The van der Waals surface area contributed by atoms with Crippen molar-refractivity contribution < 1.29 is 21.3 Å². The highest BCUT2D eigenvalue weighted by Crippen LogP contribution is 2.45. The first-order chi connectivity index (χ1) is 5.27. The van der Waals surface area contributed by atoms with Crippen LogP contribution in [0.3, 0.4) is 0 Å². The maximum atomic E-state index is 10.8. The Morgan fingerprint density at radius 1 is 1.50 bits per heavy atom. The van der Waals surface area contributed by atoms with Crippen molar-refractivity contribution in [1.82, 2.24) is 0 Å². The van der Waals surface area contributed by atoms with Gasteiger partial charge in [0.05, 0.1) is 21.1 Å². The zero-order valence-electron chi connectivity index (χ0n) is 7.36. The Kier molecular flexibility index (Phi) is 5.20. The van der Waals surface area contributed by atoms with Crippen molar-refractivity contribution in [3.8, 4) is 0 Å². The Labute approximate surface area is 86.6 Å². The van der Waals surface area contributed by atoms with Gasteiger partial charge in [-0.05, 0) is 0 Å². The number of hydrogen-bond acceptors (Lipinski definition) is 3. The Morgan fingerprint density at radius 3 is 2.33 bits per heavy atom. The Bertz CT molecular complexity index is 181. The lowest BCUT2D eigenvalue weighted by molar-refractivity contribution is -0.870. The molecule has 7 heteroatoms. The predicted octanol–water partition coefficient (Wildman–Crippen LogP) is 1.18. The van der Waals surface area contributed by atoms with E-state index in [-0.39, 0.29) is 6.61 Å². The molecule has 0 saturated carbocycles. The van der Waals surface area contributed by atoms with Gasteiger partial charge in [-0.3, -0.25) is 4.52 Å². The molecule has 0 rings (SSSR count). The van der Waals surface area contributed by atoms with Crippen LogP contribution in [-0.2, 0) is 11.9 Å². The Hall–Kier alpha value is 0.800. The molecule has 74 valence electrons. The summed E-state index contributed by atoms with van der Waals surface area (Å²) in [6, 6.07) is 0. The highest BCUT2D eigenvalue weighted by molar-refractivity contribution is 14.1. The molecule has 0 aromatic rings. The second-order valence-electron chi connectivity index (χ2n) is 3.38. The molecule has 12 heavy (non-hydrogen) atoms. The lowest BCUT2D eigenvalue weighted by Gasteiger charge is -2.23. The summed E-state index contributed by atoms with van der Waals surface area (Å²) >= 11 is 1.35. The quantitative estimate of drug-likeness (QED) is 0.471. The summed E-state index contributed by atoms with van der Waals surface area (Å²) < 4.78 is 20.3. The summed E-state index contributed by atoms with van der Waals surface area (Å²) in [4.78, 5) is 8.82. The number of quaternary nitrogens is 1. The van der Waals surface area contributed by atoms with Gasteiger partial charge in [0.25, 0.3) is 0 Å². The fourth-order valence-electron chi connectivity index (χ4n) is 0.450. The van der Waals surface area contributed by atoms with Gasteiger partial charge < -0.3 is 9.38 Å².